The van der Waals surface area contributed by atoms with Gasteiger partial charge in [0.25, 0.3) is 5.91 Å². The van der Waals surface area contributed by atoms with Gasteiger partial charge in [0.1, 0.15) is 0 Å². The van der Waals surface area contributed by atoms with Gasteiger partial charge in [-0.1, -0.05) is 24.3 Å². The van der Waals surface area contributed by atoms with E-state index < -0.39 is 5.60 Å². The molecule has 1 aliphatic heterocycles. The molecule has 0 aliphatic carbocycles. The van der Waals surface area contributed by atoms with Crippen LogP contribution in [0.25, 0.3) is 0 Å². The zero-order valence-corrected chi connectivity index (χ0v) is 10.6. The average Bonchev–Trinajstić information content (AvgIpc) is 2.63. The van der Waals surface area contributed by atoms with Crippen LogP contribution in [0.3, 0.4) is 0 Å². The first kappa shape index (κ1) is 11.9. The number of nitrogens with zero attached hydrogens (tertiary/aromatic N) is 2. The third-order valence-corrected chi connectivity index (χ3v) is 3.55. The van der Waals surface area contributed by atoms with Crippen molar-refractivity contribution in [2.24, 2.45) is 0 Å². The van der Waals surface area contributed by atoms with Crippen molar-refractivity contribution in [3.8, 4) is 0 Å². The quantitative estimate of drug-likeness (QED) is 0.883. The number of benzene rings is 1. The zero-order valence-electron chi connectivity index (χ0n) is 10.6. The molecule has 19 heavy (non-hydrogen) atoms. The van der Waals surface area contributed by atoms with Crippen LogP contribution < -0.4 is 4.90 Å². The molecule has 1 aliphatic rings. The van der Waals surface area contributed by atoms with E-state index in [9.17, 15) is 9.90 Å². The molecular formula is C15H14N2O2. The lowest BCUT2D eigenvalue weighted by Gasteiger charge is -2.21. The van der Waals surface area contributed by atoms with E-state index in [0.717, 1.165) is 11.3 Å². The maximum atomic E-state index is 12.3. The largest absolute Gasteiger partial charge is 0.375 e. The molecule has 4 heteroatoms. The Balaban J connectivity index is 2.06. The molecule has 0 saturated heterocycles. The van der Waals surface area contributed by atoms with Gasteiger partial charge in [0.15, 0.2) is 5.60 Å². The van der Waals surface area contributed by atoms with E-state index in [1.807, 2.05) is 24.3 Å². The molecule has 0 radical (unpaired) electrons. The third-order valence-electron chi connectivity index (χ3n) is 3.55. The van der Waals surface area contributed by atoms with Gasteiger partial charge < -0.3 is 10.0 Å². The van der Waals surface area contributed by atoms with Crippen LogP contribution in [-0.4, -0.2) is 23.0 Å². The molecular weight excluding hydrogens is 240 g/mol. The number of carbonyl (C=O) groups is 1. The van der Waals surface area contributed by atoms with Crippen LogP contribution in [0, 0.1) is 0 Å². The first-order valence-corrected chi connectivity index (χ1v) is 6.12. The van der Waals surface area contributed by atoms with Crippen LogP contribution in [0.4, 0.5) is 5.69 Å². The van der Waals surface area contributed by atoms with E-state index >= 15 is 0 Å². The summed E-state index contributed by atoms with van der Waals surface area (Å²) in [6.45, 7) is 0. The second-order valence-corrected chi connectivity index (χ2v) is 4.78. The van der Waals surface area contributed by atoms with Crippen molar-refractivity contribution < 1.29 is 9.90 Å². The molecule has 2 aromatic rings. The molecule has 1 N–H and O–H groups in total. The first-order chi connectivity index (χ1) is 9.13. The van der Waals surface area contributed by atoms with Crippen molar-refractivity contribution in [2.45, 2.75) is 12.0 Å². The zero-order chi connectivity index (χ0) is 13.5. The normalized spacial score (nSPS) is 21.6. The van der Waals surface area contributed by atoms with Gasteiger partial charge in [-0.15, -0.1) is 0 Å². The second kappa shape index (κ2) is 4.17. The third kappa shape index (κ3) is 1.72. The lowest BCUT2D eigenvalue weighted by molar-refractivity contribution is -0.135. The SMILES string of the molecule is CN1C(=O)C(O)(Cc2cccnc2)c2ccccc21. The van der Waals surface area contributed by atoms with Crippen LogP contribution in [0.5, 0.6) is 0 Å². The summed E-state index contributed by atoms with van der Waals surface area (Å²) in [5.74, 6) is -0.294. The smallest absolute Gasteiger partial charge is 0.263 e. The molecule has 2 heterocycles. The molecule has 1 aromatic heterocycles. The number of para-hydroxylation sites is 1. The standard InChI is InChI=1S/C15H14N2O2/c1-17-13-7-3-2-6-12(13)15(19,14(17)18)9-11-5-4-8-16-10-11/h2-8,10,19H,9H2,1H3. The van der Waals surface area contributed by atoms with Crippen molar-refractivity contribution in [3.63, 3.8) is 0 Å². The van der Waals surface area contributed by atoms with Gasteiger partial charge in [-0.25, -0.2) is 0 Å². The Kier molecular flexibility index (Phi) is 2.61. The van der Waals surface area contributed by atoms with Crippen LogP contribution in [-0.2, 0) is 16.8 Å². The van der Waals surface area contributed by atoms with Crippen molar-refractivity contribution in [1.29, 1.82) is 0 Å². The van der Waals surface area contributed by atoms with Gasteiger partial charge in [0.2, 0.25) is 0 Å². The van der Waals surface area contributed by atoms with E-state index in [4.69, 9.17) is 0 Å². The Morgan fingerprint density at radius 1 is 1.26 bits per heavy atom. The molecule has 1 unspecified atom stereocenters. The summed E-state index contributed by atoms with van der Waals surface area (Å²) in [7, 11) is 1.68. The van der Waals surface area contributed by atoms with E-state index in [0.29, 0.717) is 5.56 Å². The predicted octanol–water partition coefficient (Wildman–Crippen LogP) is 1.49. The fourth-order valence-corrected chi connectivity index (χ4v) is 2.59. The lowest BCUT2D eigenvalue weighted by atomic mass is 9.89. The van der Waals surface area contributed by atoms with E-state index in [1.54, 1.807) is 31.6 Å². The molecule has 0 saturated carbocycles. The molecule has 3 rings (SSSR count). The number of likely N-dealkylation sites (N-methyl/N-ethyl adjacent to an activating group) is 1. The van der Waals surface area contributed by atoms with Gasteiger partial charge in [-0.2, -0.15) is 0 Å². The minimum atomic E-state index is -1.49. The highest BCUT2D eigenvalue weighted by molar-refractivity contribution is 6.06. The number of rotatable bonds is 2. The van der Waals surface area contributed by atoms with Crippen molar-refractivity contribution >= 4 is 11.6 Å². The predicted molar refractivity (Wildman–Crippen MR) is 71.7 cm³/mol. The summed E-state index contributed by atoms with van der Waals surface area (Å²) in [5, 5.41) is 10.8. The number of aliphatic hydroxyl groups is 1. The molecule has 0 fully saturated rings. The number of amides is 1. The van der Waals surface area contributed by atoms with Crippen LogP contribution in [0.2, 0.25) is 0 Å². The van der Waals surface area contributed by atoms with Gasteiger partial charge >= 0.3 is 0 Å². The molecule has 0 spiro atoms. The fraction of sp³-hybridized carbons (Fsp3) is 0.200. The Bertz CT molecular complexity index is 627. The Labute approximate surface area is 111 Å². The molecule has 4 nitrogen and oxygen atoms in total. The second-order valence-electron chi connectivity index (χ2n) is 4.78. The Hall–Kier alpha value is -2.20. The highest BCUT2D eigenvalue weighted by atomic mass is 16.3. The fourth-order valence-electron chi connectivity index (χ4n) is 2.59. The summed E-state index contributed by atoms with van der Waals surface area (Å²) in [5.41, 5.74) is 0.766. The van der Waals surface area contributed by atoms with Crippen LogP contribution >= 0.6 is 0 Å². The molecule has 1 amide bonds. The summed E-state index contributed by atoms with van der Waals surface area (Å²) >= 11 is 0. The lowest BCUT2D eigenvalue weighted by Crippen LogP contribution is -2.40. The number of aromatic nitrogens is 1. The summed E-state index contributed by atoms with van der Waals surface area (Å²) in [6.07, 6.45) is 3.58. The van der Waals surface area contributed by atoms with Gasteiger partial charge in [-0.05, 0) is 17.7 Å². The highest BCUT2D eigenvalue weighted by Gasteiger charge is 2.48. The van der Waals surface area contributed by atoms with Gasteiger partial charge in [0.05, 0.1) is 5.69 Å². The van der Waals surface area contributed by atoms with Crippen molar-refractivity contribution in [1.82, 2.24) is 4.98 Å². The number of fused-ring (bicyclic) bond motifs is 1. The van der Waals surface area contributed by atoms with Gasteiger partial charge in [-0.3, -0.25) is 9.78 Å². The monoisotopic (exact) mass is 254 g/mol. The van der Waals surface area contributed by atoms with E-state index in [1.165, 1.54) is 4.90 Å². The molecule has 96 valence electrons. The highest BCUT2D eigenvalue weighted by Crippen LogP contribution is 2.41. The van der Waals surface area contributed by atoms with Crippen LogP contribution in [0.15, 0.2) is 48.8 Å². The topological polar surface area (TPSA) is 53.4 Å². The minimum absolute atomic E-state index is 0.237. The molecule has 1 atom stereocenters. The summed E-state index contributed by atoms with van der Waals surface area (Å²) in [6, 6.07) is 11.0. The number of carbonyl (C=O) groups excluding carboxylic acids is 1. The first-order valence-electron chi connectivity index (χ1n) is 6.12. The Morgan fingerprint density at radius 2 is 2.05 bits per heavy atom. The van der Waals surface area contributed by atoms with Gasteiger partial charge in [0, 0.05) is 31.4 Å². The maximum Gasteiger partial charge on any atom is 0.263 e. The minimum Gasteiger partial charge on any atom is -0.375 e. The number of anilines is 1. The van der Waals surface area contributed by atoms with E-state index in [2.05, 4.69) is 4.98 Å². The Morgan fingerprint density at radius 3 is 2.79 bits per heavy atom. The van der Waals surface area contributed by atoms with Crippen molar-refractivity contribution in [2.75, 3.05) is 11.9 Å². The number of hydrogen-bond donors (Lipinski definition) is 1. The number of pyridine rings is 1. The van der Waals surface area contributed by atoms with Crippen LogP contribution in [0.1, 0.15) is 11.1 Å². The maximum absolute atomic E-state index is 12.3. The van der Waals surface area contributed by atoms with Crippen molar-refractivity contribution in [3.05, 3.63) is 59.9 Å². The summed E-state index contributed by atoms with van der Waals surface area (Å²) < 4.78 is 0. The average molecular weight is 254 g/mol. The number of hydrogen-bond acceptors (Lipinski definition) is 3. The molecule has 1 aromatic carbocycles. The molecule has 0 bridgehead atoms. The summed E-state index contributed by atoms with van der Waals surface area (Å²) in [4.78, 5) is 17.9. The van der Waals surface area contributed by atoms with E-state index in [-0.39, 0.29) is 12.3 Å².